The molecule has 2 rings (SSSR count). The van der Waals surface area contributed by atoms with Gasteiger partial charge in [0.1, 0.15) is 11.8 Å². The summed E-state index contributed by atoms with van der Waals surface area (Å²) in [4.78, 5) is 2.42. The summed E-state index contributed by atoms with van der Waals surface area (Å²) in [6.07, 6.45) is 2.72. The minimum Gasteiger partial charge on any atom is -0.479 e. The number of rotatable bonds is 8. The van der Waals surface area contributed by atoms with Crippen molar-refractivity contribution in [1.82, 2.24) is 10.2 Å². The highest BCUT2D eigenvalue weighted by atomic mass is 16.5. The van der Waals surface area contributed by atoms with Crippen molar-refractivity contribution in [2.75, 3.05) is 26.7 Å². The molecule has 1 aromatic carbocycles. The van der Waals surface area contributed by atoms with Gasteiger partial charge in [0.25, 0.3) is 0 Å². The molecule has 102 valence electrons. The van der Waals surface area contributed by atoms with Crippen molar-refractivity contribution in [2.45, 2.75) is 25.4 Å². The SMILES string of the molecule is CN(CCNCc1ccc(OCC#N)cc1)C1CC1. The summed E-state index contributed by atoms with van der Waals surface area (Å²) in [5.74, 6) is 0.749. The number of ether oxygens (including phenoxy) is 1. The molecular weight excluding hydrogens is 238 g/mol. The van der Waals surface area contributed by atoms with Crippen LogP contribution >= 0.6 is 0 Å². The van der Waals surface area contributed by atoms with Crippen LogP contribution in [0.3, 0.4) is 0 Å². The molecule has 0 bridgehead atoms. The third kappa shape index (κ3) is 4.90. The van der Waals surface area contributed by atoms with E-state index in [1.165, 1.54) is 18.4 Å². The fourth-order valence-corrected chi connectivity index (χ4v) is 2.01. The number of hydrogen-bond donors (Lipinski definition) is 1. The van der Waals surface area contributed by atoms with Crippen molar-refractivity contribution in [3.05, 3.63) is 29.8 Å². The second-order valence-corrected chi connectivity index (χ2v) is 4.98. The van der Waals surface area contributed by atoms with Gasteiger partial charge in [-0.3, -0.25) is 0 Å². The molecule has 4 heteroatoms. The lowest BCUT2D eigenvalue weighted by molar-refractivity contribution is 0.321. The van der Waals surface area contributed by atoms with Gasteiger partial charge in [0.15, 0.2) is 6.61 Å². The first-order valence-electron chi connectivity index (χ1n) is 6.79. The summed E-state index contributed by atoms with van der Waals surface area (Å²) in [5, 5.41) is 11.9. The molecule has 0 atom stereocenters. The van der Waals surface area contributed by atoms with Crippen molar-refractivity contribution in [3.63, 3.8) is 0 Å². The molecule has 19 heavy (non-hydrogen) atoms. The molecular formula is C15H21N3O. The first-order chi connectivity index (χ1) is 9.29. The Balaban J connectivity index is 1.63. The van der Waals surface area contributed by atoms with Crippen LogP contribution in [0.2, 0.25) is 0 Å². The smallest absolute Gasteiger partial charge is 0.174 e. The van der Waals surface area contributed by atoms with Crippen LogP contribution < -0.4 is 10.1 Å². The number of benzene rings is 1. The topological polar surface area (TPSA) is 48.3 Å². The van der Waals surface area contributed by atoms with Gasteiger partial charge >= 0.3 is 0 Å². The summed E-state index contributed by atoms with van der Waals surface area (Å²) >= 11 is 0. The van der Waals surface area contributed by atoms with Crippen molar-refractivity contribution >= 4 is 0 Å². The van der Waals surface area contributed by atoms with Crippen LogP contribution in [0.5, 0.6) is 5.75 Å². The van der Waals surface area contributed by atoms with E-state index < -0.39 is 0 Å². The van der Waals surface area contributed by atoms with E-state index in [0.717, 1.165) is 31.4 Å². The largest absolute Gasteiger partial charge is 0.479 e. The van der Waals surface area contributed by atoms with E-state index >= 15 is 0 Å². The minimum absolute atomic E-state index is 0.102. The van der Waals surface area contributed by atoms with E-state index in [-0.39, 0.29) is 6.61 Å². The molecule has 4 nitrogen and oxygen atoms in total. The molecule has 0 radical (unpaired) electrons. The van der Waals surface area contributed by atoms with Gasteiger partial charge in [-0.15, -0.1) is 0 Å². The Morgan fingerprint density at radius 1 is 1.37 bits per heavy atom. The van der Waals surface area contributed by atoms with Crippen LogP contribution in [-0.2, 0) is 6.54 Å². The third-order valence-electron chi connectivity index (χ3n) is 3.37. The normalized spacial score (nSPS) is 14.4. The Morgan fingerprint density at radius 2 is 2.11 bits per heavy atom. The average molecular weight is 259 g/mol. The van der Waals surface area contributed by atoms with Gasteiger partial charge in [-0.05, 0) is 37.6 Å². The predicted octanol–water partition coefficient (Wildman–Crippen LogP) is 1.77. The van der Waals surface area contributed by atoms with Gasteiger partial charge in [0.05, 0.1) is 0 Å². The summed E-state index contributed by atoms with van der Waals surface area (Å²) in [6.45, 7) is 3.09. The molecule has 0 amide bonds. The molecule has 0 heterocycles. The minimum atomic E-state index is 0.102. The van der Waals surface area contributed by atoms with Crippen LogP contribution in [0.25, 0.3) is 0 Å². The molecule has 1 aliphatic rings. The molecule has 0 saturated heterocycles. The Labute approximate surface area is 115 Å². The molecule has 0 spiro atoms. The number of likely N-dealkylation sites (N-methyl/N-ethyl adjacent to an activating group) is 1. The number of hydrogen-bond acceptors (Lipinski definition) is 4. The van der Waals surface area contributed by atoms with Gasteiger partial charge in [-0.2, -0.15) is 5.26 Å². The van der Waals surface area contributed by atoms with Gasteiger partial charge in [-0.1, -0.05) is 12.1 Å². The van der Waals surface area contributed by atoms with E-state index in [2.05, 4.69) is 17.3 Å². The monoisotopic (exact) mass is 259 g/mol. The average Bonchev–Trinajstić information content (AvgIpc) is 3.27. The summed E-state index contributed by atoms with van der Waals surface area (Å²) in [7, 11) is 2.20. The maximum Gasteiger partial charge on any atom is 0.174 e. The van der Waals surface area contributed by atoms with Crippen molar-refractivity contribution in [2.24, 2.45) is 0 Å². The molecule has 1 N–H and O–H groups in total. The second kappa shape index (κ2) is 7.13. The van der Waals surface area contributed by atoms with Gasteiger partial charge in [-0.25, -0.2) is 0 Å². The van der Waals surface area contributed by atoms with E-state index in [9.17, 15) is 0 Å². The van der Waals surface area contributed by atoms with E-state index in [1.54, 1.807) is 0 Å². The Kier molecular flexibility index (Phi) is 5.20. The van der Waals surface area contributed by atoms with Crippen LogP contribution in [0, 0.1) is 11.3 Å². The Bertz CT molecular complexity index is 420. The highest BCUT2D eigenvalue weighted by molar-refractivity contribution is 5.27. The highest BCUT2D eigenvalue weighted by Gasteiger charge is 2.25. The molecule has 0 aliphatic heterocycles. The molecule has 0 unspecified atom stereocenters. The number of nitriles is 1. The van der Waals surface area contributed by atoms with Crippen molar-refractivity contribution in [1.29, 1.82) is 5.26 Å². The Morgan fingerprint density at radius 3 is 2.74 bits per heavy atom. The zero-order valence-corrected chi connectivity index (χ0v) is 11.4. The standard InChI is InChI=1S/C15H21N3O/c1-18(14-4-5-14)10-9-17-12-13-2-6-15(7-3-13)19-11-8-16/h2-3,6-7,14,17H,4-5,9-12H2,1H3. The lowest BCUT2D eigenvalue weighted by atomic mass is 10.2. The van der Waals surface area contributed by atoms with Crippen LogP contribution in [0.1, 0.15) is 18.4 Å². The highest BCUT2D eigenvalue weighted by Crippen LogP contribution is 2.24. The zero-order chi connectivity index (χ0) is 13.5. The third-order valence-corrected chi connectivity index (χ3v) is 3.37. The van der Waals surface area contributed by atoms with Gasteiger partial charge in [0.2, 0.25) is 0 Å². The molecule has 1 fully saturated rings. The first-order valence-corrected chi connectivity index (χ1v) is 6.79. The Hall–Kier alpha value is -1.57. The summed E-state index contributed by atoms with van der Waals surface area (Å²) < 4.78 is 5.21. The van der Waals surface area contributed by atoms with Gasteiger partial charge < -0.3 is 15.0 Å². The first kappa shape index (κ1) is 13.9. The molecule has 1 saturated carbocycles. The van der Waals surface area contributed by atoms with E-state index in [4.69, 9.17) is 10.00 Å². The van der Waals surface area contributed by atoms with Crippen LogP contribution in [0.4, 0.5) is 0 Å². The lowest BCUT2D eigenvalue weighted by Gasteiger charge is -2.15. The van der Waals surface area contributed by atoms with Gasteiger partial charge in [0, 0.05) is 25.7 Å². The van der Waals surface area contributed by atoms with Crippen LogP contribution in [-0.4, -0.2) is 37.7 Å². The lowest BCUT2D eigenvalue weighted by Crippen LogP contribution is -2.30. The molecule has 0 aromatic heterocycles. The fraction of sp³-hybridized carbons (Fsp3) is 0.533. The van der Waals surface area contributed by atoms with Crippen LogP contribution in [0.15, 0.2) is 24.3 Å². The second-order valence-electron chi connectivity index (χ2n) is 4.98. The fourth-order valence-electron chi connectivity index (χ4n) is 2.01. The maximum absolute atomic E-state index is 8.42. The number of nitrogens with one attached hydrogen (secondary N) is 1. The maximum atomic E-state index is 8.42. The molecule has 1 aromatic rings. The van der Waals surface area contributed by atoms with E-state index in [1.807, 2.05) is 30.3 Å². The van der Waals surface area contributed by atoms with Crippen molar-refractivity contribution in [3.8, 4) is 11.8 Å². The summed E-state index contributed by atoms with van der Waals surface area (Å²) in [5.41, 5.74) is 1.23. The predicted molar refractivity (Wildman–Crippen MR) is 74.9 cm³/mol. The van der Waals surface area contributed by atoms with Crippen molar-refractivity contribution < 1.29 is 4.74 Å². The molecule has 1 aliphatic carbocycles. The number of nitrogens with zero attached hydrogens (tertiary/aromatic N) is 2. The zero-order valence-electron chi connectivity index (χ0n) is 11.4. The quantitative estimate of drug-likeness (QED) is 0.723. The van der Waals surface area contributed by atoms with E-state index in [0.29, 0.717) is 0 Å². The summed E-state index contributed by atoms with van der Waals surface area (Å²) in [6, 6.07) is 10.7.